The maximum atomic E-state index is 12.3. The van der Waals surface area contributed by atoms with Gasteiger partial charge in [0.25, 0.3) is 0 Å². The van der Waals surface area contributed by atoms with E-state index in [1.54, 1.807) is 12.1 Å². The zero-order chi connectivity index (χ0) is 15.5. The molecule has 0 radical (unpaired) electrons. The van der Waals surface area contributed by atoms with Crippen LogP contribution >= 0.6 is 11.6 Å². The maximum absolute atomic E-state index is 12.3. The van der Waals surface area contributed by atoms with Crippen molar-refractivity contribution < 1.29 is 17.9 Å². The Morgan fingerprint density at radius 1 is 1.33 bits per heavy atom. The molecule has 1 heterocycles. The van der Waals surface area contributed by atoms with Gasteiger partial charge in [0.1, 0.15) is 4.90 Å². The lowest BCUT2D eigenvalue weighted by molar-refractivity contribution is -0.132. The Bertz CT molecular complexity index is 627. The van der Waals surface area contributed by atoms with Crippen LogP contribution in [-0.2, 0) is 19.6 Å². The van der Waals surface area contributed by atoms with Crippen LogP contribution in [0.5, 0.6) is 0 Å². The van der Waals surface area contributed by atoms with Gasteiger partial charge in [-0.15, -0.1) is 0 Å². The number of benzene rings is 1. The summed E-state index contributed by atoms with van der Waals surface area (Å²) in [5.41, 5.74) is 4.53. The molecule has 116 valence electrons. The lowest BCUT2D eigenvalue weighted by Gasteiger charge is -2.34. The number of hydrogen-bond acceptors (Lipinski definition) is 4. The van der Waals surface area contributed by atoms with E-state index in [1.165, 1.54) is 12.1 Å². The molecule has 8 heteroatoms. The summed E-state index contributed by atoms with van der Waals surface area (Å²) in [5, 5.41) is 0.130. The standard InChI is InChI=1S/C13H17ClN2O4S/c14-10-3-1-2-4-11(10)21(18,19)16-9-13(12(15)17)5-7-20-8-6-13/h1-4,16H,5-9H2,(H2,15,17). The van der Waals surface area contributed by atoms with E-state index in [1.807, 2.05) is 0 Å². The zero-order valence-corrected chi connectivity index (χ0v) is 12.9. The molecule has 1 aromatic rings. The van der Waals surface area contributed by atoms with Crippen molar-refractivity contribution in [1.82, 2.24) is 4.72 Å². The van der Waals surface area contributed by atoms with Gasteiger partial charge in [-0.05, 0) is 25.0 Å². The predicted octanol–water partition coefficient (Wildman–Crippen LogP) is 0.900. The third-order valence-corrected chi connectivity index (χ3v) is 5.60. The summed E-state index contributed by atoms with van der Waals surface area (Å²) in [6.45, 7) is 0.715. The molecular weight excluding hydrogens is 316 g/mol. The highest BCUT2D eigenvalue weighted by molar-refractivity contribution is 7.89. The highest BCUT2D eigenvalue weighted by Crippen LogP contribution is 2.30. The van der Waals surface area contributed by atoms with Gasteiger partial charge in [-0.3, -0.25) is 4.79 Å². The van der Waals surface area contributed by atoms with E-state index in [9.17, 15) is 13.2 Å². The molecular formula is C13H17ClN2O4S. The quantitative estimate of drug-likeness (QED) is 0.837. The molecule has 3 N–H and O–H groups in total. The lowest BCUT2D eigenvalue weighted by Crippen LogP contribution is -2.49. The first-order valence-corrected chi connectivity index (χ1v) is 8.35. The van der Waals surface area contributed by atoms with Crippen molar-refractivity contribution in [3.63, 3.8) is 0 Å². The van der Waals surface area contributed by atoms with E-state index >= 15 is 0 Å². The number of hydrogen-bond donors (Lipinski definition) is 2. The Labute approximate surface area is 128 Å². The van der Waals surface area contributed by atoms with Crippen molar-refractivity contribution in [2.45, 2.75) is 17.7 Å². The number of nitrogens with one attached hydrogen (secondary N) is 1. The fraction of sp³-hybridized carbons (Fsp3) is 0.462. The van der Waals surface area contributed by atoms with Gasteiger partial charge >= 0.3 is 0 Å². The molecule has 6 nitrogen and oxygen atoms in total. The van der Waals surface area contributed by atoms with Crippen molar-refractivity contribution in [3.05, 3.63) is 29.3 Å². The number of ether oxygens (including phenoxy) is 1. The Morgan fingerprint density at radius 2 is 1.95 bits per heavy atom. The van der Waals surface area contributed by atoms with Crippen molar-refractivity contribution in [2.24, 2.45) is 11.1 Å². The van der Waals surface area contributed by atoms with Crippen molar-refractivity contribution in [1.29, 1.82) is 0 Å². The smallest absolute Gasteiger partial charge is 0.242 e. The first kappa shape index (κ1) is 16.2. The first-order chi connectivity index (χ1) is 9.87. The molecule has 0 saturated carbocycles. The van der Waals surface area contributed by atoms with Crippen LogP contribution in [0.25, 0.3) is 0 Å². The average molecular weight is 333 g/mol. The second-order valence-electron chi connectivity index (χ2n) is 5.01. The molecule has 1 aromatic carbocycles. The van der Waals surface area contributed by atoms with Gasteiger partial charge in [0.2, 0.25) is 15.9 Å². The molecule has 0 bridgehead atoms. The van der Waals surface area contributed by atoms with Crippen LogP contribution < -0.4 is 10.5 Å². The molecule has 1 aliphatic heterocycles. The number of carbonyl (C=O) groups is 1. The van der Waals surface area contributed by atoms with E-state index in [-0.39, 0.29) is 16.5 Å². The normalized spacial score (nSPS) is 18.3. The monoisotopic (exact) mass is 332 g/mol. The predicted molar refractivity (Wildman–Crippen MR) is 78.3 cm³/mol. The van der Waals surface area contributed by atoms with E-state index in [0.29, 0.717) is 26.1 Å². The minimum Gasteiger partial charge on any atom is -0.381 e. The highest BCUT2D eigenvalue weighted by Gasteiger charge is 2.39. The van der Waals surface area contributed by atoms with Crippen molar-refractivity contribution >= 4 is 27.5 Å². The fourth-order valence-corrected chi connectivity index (χ4v) is 3.89. The zero-order valence-electron chi connectivity index (χ0n) is 11.3. The van der Waals surface area contributed by atoms with E-state index in [0.717, 1.165) is 0 Å². The van der Waals surface area contributed by atoms with Crippen LogP contribution in [0.15, 0.2) is 29.2 Å². The number of sulfonamides is 1. The van der Waals surface area contributed by atoms with Gasteiger partial charge in [-0.2, -0.15) is 0 Å². The number of nitrogens with two attached hydrogens (primary N) is 1. The Kier molecular flexibility index (Phi) is 4.88. The van der Waals surface area contributed by atoms with Crippen LogP contribution in [0.1, 0.15) is 12.8 Å². The number of rotatable bonds is 5. The number of amides is 1. The number of halogens is 1. The molecule has 0 aromatic heterocycles. The third kappa shape index (κ3) is 3.55. The third-order valence-electron chi connectivity index (χ3n) is 3.70. The summed E-state index contributed by atoms with van der Waals surface area (Å²) in [5.74, 6) is -0.521. The number of primary amides is 1. The highest BCUT2D eigenvalue weighted by atomic mass is 35.5. The number of carbonyl (C=O) groups excluding carboxylic acids is 1. The summed E-state index contributed by atoms with van der Waals surface area (Å²) in [4.78, 5) is 11.7. The molecule has 1 saturated heterocycles. The molecule has 2 rings (SSSR count). The van der Waals surface area contributed by atoms with Crippen LogP contribution in [0.4, 0.5) is 0 Å². The molecule has 21 heavy (non-hydrogen) atoms. The summed E-state index contributed by atoms with van der Waals surface area (Å²) in [7, 11) is -3.79. The van der Waals surface area contributed by atoms with Gasteiger partial charge in [0, 0.05) is 19.8 Å². The molecule has 0 atom stereocenters. The van der Waals surface area contributed by atoms with Gasteiger partial charge in [-0.1, -0.05) is 23.7 Å². The van der Waals surface area contributed by atoms with Gasteiger partial charge in [0.05, 0.1) is 10.4 Å². The largest absolute Gasteiger partial charge is 0.381 e. The summed E-state index contributed by atoms with van der Waals surface area (Å²) in [6.07, 6.45) is 0.792. The van der Waals surface area contributed by atoms with E-state index in [4.69, 9.17) is 22.1 Å². The van der Waals surface area contributed by atoms with Crippen molar-refractivity contribution in [2.75, 3.05) is 19.8 Å². The summed E-state index contributed by atoms with van der Waals surface area (Å²) < 4.78 is 32.2. The Morgan fingerprint density at radius 3 is 2.52 bits per heavy atom. The Hall–Kier alpha value is -1.15. The molecule has 0 aliphatic carbocycles. The van der Waals surface area contributed by atoms with Crippen LogP contribution in [0.2, 0.25) is 5.02 Å². The first-order valence-electron chi connectivity index (χ1n) is 6.49. The Balaban J connectivity index is 2.17. The molecule has 1 amide bonds. The molecule has 1 aliphatic rings. The minimum absolute atomic E-state index is 0.0154. The van der Waals surface area contributed by atoms with Crippen molar-refractivity contribution in [3.8, 4) is 0 Å². The van der Waals surface area contributed by atoms with Crippen LogP contribution in [0, 0.1) is 5.41 Å². The summed E-state index contributed by atoms with van der Waals surface area (Å²) in [6, 6.07) is 6.13. The van der Waals surface area contributed by atoms with Gasteiger partial charge < -0.3 is 10.5 Å². The van der Waals surface area contributed by atoms with E-state index in [2.05, 4.69) is 4.72 Å². The topological polar surface area (TPSA) is 98.5 Å². The average Bonchev–Trinajstić information content (AvgIpc) is 2.46. The SMILES string of the molecule is NC(=O)C1(CNS(=O)(=O)c2ccccc2Cl)CCOCC1. The molecule has 1 fully saturated rings. The second kappa shape index (κ2) is 6.31. The minimum atomic E-state index is -3.79. The fourth-order valence-electron chi connectivity index (χ4n) is 2.25. The van der Waals surface area contributed by atoms with Gasteiger partial charge in [0.15, 0.2) is 0 Å². The lowest BCUT2D eigenvalue weighted by atomic mass is 9.80. The van der Waals surface area contributed by atoms with Gasteiger partial charge in [-0.25, -0.2) is 13.1 Å². The van der Waals surface area contributed by atoms with E-state index < -0.39 is 21.3 Å². The molecule has 0 spiro atoms. The van der Waals surface area contributed by atoms with Crippen LogP contribution in [0.3, 0.4) is 0 Å². The second-order valence-corrected chi connectivity index (χ2v) is 7.15. The summed E-state index contributed by atoms with van der Waals surface area (Å²) >= 11 is 5.90. The molecule has 0 unspecified atom stereocenters. The maximum Gasteiger partial charge on any atom is 0.242 e. The van der Waals surface area contributed by atoms with Crippen LogP contribution in [-0.4, -0.2) is 34.1 Å².